The number of hydrogen-bond acceptors (Lipinski definition) is 5. The quantitative estimate of drug-likeness (QED) is 0.415. The van der Waals surface area contributed by atoms with Gasteiger partial charge in [0, 0.05) is 22.3 Å². The molecule has 27 heavy (non-hydrogen) atoms. The minimum absolute atomic E-state index is 0.188. The van der Waals surface area contributed by atoms with E-state index in [0.717, 1.165) is 10.0 Å². The Labute approximate surface area is 163 Å². The fourth-order valence-corrected chi connectivity index (χ4v) is 4.12. The molecule has 0 atom stereocenters. The van der Waals surface area contributed by atoms with Crippen LogP contribution in [0.15, 0.2) is 62.3 Å². The summed E-state index contributed by atoms with van der Waals surface area (Å²) in [5.41, 5.74) is 1.77. The highest BCUT2D eigenvalue weighted by atomic mass is 79.9. The van der Waals surface area contributed by atoms with Gasteiger partial charge >= 0.3 is 0 Å². The Kier molecular flexibility index (Phi) is 3.70. The highest BCUT2D eigenvalue weighted by molar-refractivity contribution is 9.10. The summed E-state index contributed by atoms with van der Waals surface area (Å²) in [6, 6.07) is 11.4. The molecule has 0 unspecified atom stereocenters. The summed E-state index contributed by atoms with van der Waals surface area (Å²) in [4.78, 5) is 22.1. The molecule has 132 valence electrons. The van der Waals surface area contributed by atoms with Crippen molar-refractivity contribution in [3.05, 3.63) is 79.6 Å². The van der Waals surface area contributed by atoms with Gasteiger partial charge in [-0.3, -0.25) is 4.79 Å². The van der Waals surface area contributed by atoms with Crippen molar-refractivity contribution in [3.8, 4) is 11.3 Å². The second kappa shape index (κ2) is 6.11. The van der Waals surface area contributed by atoms with E-state index in [1.807, 2.05) is 6.07 Å². The maximum absolute atomic E-state index is 13.1. The fraction of sp³-hybridized carbons (Fsp3) is 0. The number of fused-ring (bicyclic) bond motifs is 3. The topological polar surface area (TPSA) is 60.4 Å². The van der Waals surface area contributed by atoms with Crippen molar-refractivity contribution in [1.82, 2.24) is 14.4 Å². The van der Waals surface area contributed by atoms with Gasteiger partial charge in [0.15, 0.2) is 10.6 Å². The van der Waals surface area contributed by atoms with Crippen LogP contribution < -0.4 is 10.1 Å². The number of imidazole rings is 1. The first-order valence-electron chi connectivity index (χ1n) is 7.92. The van der Waals surface area contributed by atoms with Crippen LogP contribution in [0, 0.1) is 5.82 Å². The molecule has 0 bridgehead atoms. The van der Waals surface area contributed by atoms with Crippen molar-refractivity contribution in [2.24, 2.45) is 0 Å². The van der Waals surface area contributed by atoms with Gasteiger partial charge in [0.25, 0.3) is 5.56 Å². The molecule has 5 aromatic rings. The predicted molar refractivity (Wildman–Crippen MR) is 105 cm³/mol. The van der Waals surface area contributed by atoms with E-state index in [4.69, 9.17) is 4.42 Å². The maximum Gasteiger partial charge on any atom is 0.276 e. The van der Waals surface area contributed by atoms with Crippen molar-refractivity contribution in [2.45, 2.75) is 0 Å². The molecule has 0 spiro atoms. The van der Waals surface area contributed by atoms with E-state index in [1.54, 1.807) is 36.5 Å². The molecule has 5 nitrogen and oxygen atoms in total. The minimum Gasteiger partial charge on any atom is -0.457 e. The molecule has 0 fully saturated rings. The van der Waals surface area contributed by atoms with Crippen LogP contribution in [-0.2, 0) is 0 Å². The first-order valence-corrected chi connectivity index (χ1v) is 9.53. The second-order valence-electron chi connectivity index (χ2n) is 5.85. The van der Waals surface area contributed by atoms with Crippen molar-refractivity contribution in [1.29, 1.82) is 0 Å². The normalized spacial score (nSPS) is 12.4. The molecule has 8 heteroatoms. The Bertz CT molecular complexity index is 1420. The summed E-state index contributed by atoms with van der Waals surface area (Å²) in [5.74, 6) is 0.839. The number of nitrogens with zero attached hydrogens (tertiary/aromatic N) is 3. The Morgan fingerprint density at radius 3 is 2.81 bits per heavy atom. The Morgan fingerprint density at radius 2 is 2.00 bits per heavy atom. The monoisotopic (exact) mass is 441 g/mol. The third kappa shape index (κ3) is 2.77. The molecule has 0 aliphatic carbocycles. The SMILES string of the molecule is O=c1c(=Cc2ccc(-c3ccc(F)cc3)o2)sc2nc3cc(Br)cnc3n12. The molecule has 0 N–H and O–H groups in total. The summed E-state index contributed by atoms with van der Waals surface area (Å²) in [7, 11) is 0. The number of furan rings is 1. The largest absolute Gasteiger partial charge is 0.457 e. The van der Waals surface area contributed by atoms with Crippen LogP contribution in [0.2, 0.25) is 0 Å². The number of hydrogen-bond donors (Lipinski definition) is 0. The van der Waals surface area contributed by atoms with Gasteiger partial charge in [-0.05, 0) is 58.4 Å². The number of thiazole rings is 1. The highest BCUT2D eigenvalue weighted by Crippen LogP contribution is 2.23. The number of aromatic nitrogens is 3. The van der Waals surface area contributed by atoms with Crippen LogP contribution in [0.4, 0.5) is 4.39 Å². The Morgan fingerprint density at radius 1 is 1.19 bits per heavy atom. The second-order valence-corrected chi connectivity index (χ2v) is 7.78. The van der Waals surface area contributed by atoms with Crippen LogP contribution >= 0.6 is 27.3 Å². The van der Waals surface area contributed by atoms with E-state index >= 15 is 0 Å². The van der Waals surface area contributed by atoms with E-state index < -0.39 is 0 Å². The molecule has 0 aliphatic heterocycles. The van der Waals surface area contributed by atoms with Gasteiger partial charge in [-0.2, -0.15) is 0 Å². The molecule has 4 aromatic heterocycles. The molecule has 0 aliphatic rings. The molecule has 1 aromatic carbocycles. The van der Waals surface area contributed by atoms with E-state index in [2.05, 4.69) is 25.9 Å². The van der Waals surface area contributed by atoms with Crippen LogP contribution in [0.5, 0.6) is 0 Å². The van der Waals surface area contributed by atoms with Crippen LogP contribution in [0.3, 0.4) is 0 Å². The van der Waals surface area contributed by atoms with Crippen LogP contribution in [0.1, 0.15) is 5.76 Å². The number of rotatable bonds is 2. The third-order valence-electron chi connectivity index (χ3n) is 4.08. The first kappa shape index (κ1) is 16.3. The van der Waals surface area contributed by atoms with Gasteiger partial charge in [-0.15, -0.1) is 0 Å². The van der Waals surface area contributed by atoms with Gasteiger partial charge in [0.2, 0.25) is 0 Å². The molecule has 4 heterocycles. The Balaban J connectivity index is 1.61. The summed E-state index contributed by atoms with van der Waals surface area (Å²) >= 11 is 4.63. The minimum atomic E-state index is -0.303. The summed E-state index contributed by atoms with van der Waals surface area (Å²) < 4.78 is 21.7. The van der Waals surface area contributed by atoms with Crippen molar-refractivity contribution < 1.29 is 8.81 Å². The molecule has 0 amide bonds. The lowest BCUT2D eigenvalue weighted by molar-refractivity contribution is 0.571. The molecule has 5 rings (SSSR count). The lowest BCUT2D eigenvalue weighted by Gasteiger charge is -1.95. The molecular formula is C19H9BrFN3O2S. The molecular weight excluding hydrogens is 433 g/mol. The van der Waals surface area contributed by atoms with Gasteiger partial charge in [-0.1, -0.05) is 11.3 Å². The smallest absolute Gasteiger partial charge is 0.276 e. The third-order valence-corrected chi connectivity index (χ3v) is 5.48. The summed E-state index contributed by atoms with van der Waals surface area (Å²) in [6.45, 7) is 0. The zero-order valence-corrected chi connectivity index (χ0v) is 15.9. The van der Waals surface area contributed by atoms with Crippen molar-refractivity contribution >= 4 is 49.5 Å². The zero-order valence-electron chi connectivity index (χ0n) is 13.5. The predicted octanol–water partition coefficient (Wildman–Crippen LogP) is 4.01. The summed E-state index contributed by atoms with van der Waals surface area (Å²) in [5, 5.41) is 0. The zero-order chi connectivity index (χ0) is 18.5. The first-order chi connectivity index (χ1) is 13.1. The standard InChI is InChI=1S/C19H9BrFN3O2S/c20-11-7-14-17(22-9-11)24-18(25)16(27-19(24)23-14)8-13-5-6-15(26-13)10-1-3-12(21)4-2-10/h1-9H. The average molecular weight is 442 g/mol. The lowest BCUT2D eigenvalue weighted by atomic mass is 10.2. The van der Waals surface area contributed by atoms with Gasteiger partial charge in [0.05, 0.1) is 0 Å². The van der Waals surface area contributed by atoms with Gasteiger partial charge in [0.1, 0.15) is 27.4 Å². The average Bonchev–Trinajstić information content (AvgIpc) is 3.32. The van der Waals surface area contributed by atoms with E-state index in [-0.39, 0.29) is 11.4 Å². The Hall–Kier alpha value is -2.84. The van der Waals surface area contributed by atoms with E-state index in [9.17, 15) is 9.18 Å². The van der Waals surface area contributed by atoms with Gasteiger partial charge < -0.3 is 4.42 Å². The van der Waals surface area contributed by atoms with Gasteiger partial charge in [-0.25, -0.2) is 18.8 Å². The highest BCUT2D eigenvalue weighted by Gasteiger charge is 2.13. The maximum atomic E-state index is 13.1. The van der Waals surface area contributed by atoms with Crippen LogP contribution in [-0.4, -0.2) is 14.4 Å². The van der Waals surface area contributed by atoms with Crippen LogP contribution in [0.25, 0.3) is 33.5 Å². The van der Waals surface area contributed by atoms with Crippen molar-refractivity contribution in [3.63, 3.8) is 0 Å². The number of benzene rings is 1. The van der Waals surface area contributed by atoms with Crippen molar-refractivity contribution in [2.75, 3.05) is 0 Å². The number of halogens is 2. The molecule has 0 saturated heterocycles. The molecule has 0 radical (unpaired) electrons. The van der Waals surface area contributed by atoms with E-state index in [1.165, 1.54) is 27.9 Å². The lowest BCUT2D eigenvalue weighted by Crippen LogP contribution is -2.22. The number of pyridine rings is 1. The fourth-order valence-electron chi connectivity index (χ4n) is 2.84. The molecule has 0 saturated carbocycles. The summed E-state index contributed by atoms with van der Waals surface area (Å²) in [6.07, 6.45) is 3.32. The van der Waals surface area contributed by atoms with E-state index in [0.29, 0.717) is 32.2 Å².